The lowest BCUT2D eigenvalue weighted by molar-refractivity contribution is -0.385. The first-order valence-electron chi connectivity index (χ1n) is 7.01. The van der Waals surface area contributed by atoms with Gasteiger partial charge in [0, 0.05) is 30.2 Å². The minimum Gasteiger partial charge on any atom is -0.345 e. The lowest BCUT2D eigenvalue weighted by atomic mass is 10.1. The second-order valence-electron chi connectivity index (χ2n) is 5.18. The van der Waals surface area contributed by atoms with Crippen molar-refractivity contribution in [3.05, 3.63) is 51.1 Å². The average molecular weight is 301 g/mol. The van der Waals surface area contributed by atoms with Crippen LogP contribution in [0.5, 0.6) is 0 Å². The van der Waals surface area contributed by atoms with Gasteiger partial charge in [-0.15, -0.1) is 10.2 Å². The van der Waals surface area contributed by atoms with Crippen LogP contribution in [0.3, 0.4) is 0 Å². The van der Waals surface area contributed by atoms with Gasteiger partial charge in [-0.3, -0.25) is 14.9 Å². The van der Waals surface area contributed by atoms with Gasteiger partial charge < -0.3 is 9.88 Å². The molecule has 8 nitrogen and oxygen atoms in total. The fourth-order valence-electron chi connectivity index (χ4n) is 2.66. The number of nitrogens with zero attached hydrogens (tertiary/aromatic N) is 4. The van der Waals surface area contributed by atoms with Gasteiger partial charge in [-0.2, -0.15) is 0 Å². The number of nitrogens with one attached hydrogen (secondary N) is 1. The SMILES string of the molecule is Cc1c(C(=O)NCc2nnc3n2CCC3)cccc1[N+](=O)[O-]. The predicted octanol–water partition coefficient (Wildman–Crippen LogP) is 1.37. The summed E-state index contributed by atoms with van der Waals surface area (Å²) in [5, 5.41) is 21.8. The molecule has 0 spiro atoms. The van der Waals surface area contributed by atoms with Gasteiger partial charge in [-0.25, -0.2) is 0 Å². The highest BCUT2D eigenvalue weighted by atomic mass is 16.6. The third-order valence-electron chi connectivity index (χ3n) is 3.84. The van der Waals surface area contributed by atoms with Crippen molar-refractivity contribution in [2.45, 2.75) is 32.9 Å². The number of benzene rings is 1. The summed E-state index contributed by atoms with van der Waals surface area (Å²) in [5.74, 6) is 1.30. The van der Waals surface area contributed by atoms with Crippen LogP contribution in [0.2, 0.25) is 0 Å². The molecule has 0 radical (unpaired) electrons. The van der Waals surface area contributed by atoms with Gasteiger partial charge >= 0.3 is 0 Å². The van der Waals surface area contributed by atoms with Crippen molar-refractivity contribution in [3.63, 3.8) is 0 Å². The van der Waals surface area contributed by atoms with E-state index >= 15 is 0 Å². The topological polar surface area (TPSA) is 103 Å². The van der Waals surface area contributed by atoms with Crippen LogP contribution in [-0.4, -0.2) is 25.6 Å². The van der Waals surface area contributed by atoms with Crippen molar-refractivity contribution in [1.29, 1.82) is 0 Å². The number of hydrogen-bond acceptors (Lipinski definition) is 5. The molecule has 0 saturated heterocycles. The zero-order valence-electron chi connectivity index (χ0n) is 12.1. The second-order valence-corrected chi connectivity index (χ2v) is 5.18. The van der Waals surface area contributed by atoms with Crippen LogP contribution >= 0.6 is 0 Å². The number of nitro benzene ring substituents is 1. The van der Waals surface area contributed by atoms with E-state index in [1.165, 1.54) is 12.1 Å². The summed E-state index contributed by atoms with van der Waals surface area (Å²) in [6, 6.07) is 4.47. The number of nitro groups is 1. The molecule has 0 bridgehead atoms. The molecule has 0 atom stereocenters. The standard InChI is InChI=1S/C14H15N5O3/c1-9-10(4-2-5-11(9)19(21)22)14(20)15-8-13-17-16-12-6-3-7-18(12)13/h2,4-5H,3,6-8H2,1H3,(H,15,20). The summed E-state index contributed by atoms with van der Waals surface area (Å²) >= 11 is 0. The number of aryl methyl sites for hydroxylation is 1. The minimum absolute atomic E-state index is 0.0592. The van der Waals surface area contributed by atoms with Gasteiger partial charge in [-0.05, 0) is 19.4 Å². The Labute approximate surface area is 126 Å². The molecular weight excluding hydrogens is 286 g/mol. The van der Waals surface area contributed by atoms with Gasteiger partial charge in [-0.1, -0.05) is 6.07 Å². The van der Waals surface area contributed by atoms with Crippen molar-refractivity contribution in [2.75, 3.05) is 0 Å². The van der Waals surface area contributed by atoms with Crippen LogP contribution in [0, 0.1) is 17.0 Å². The van der Waals surface area contributed by atoms with E-state index in [0.29, 0.717) is 17.0 Å². The van der Waals surface area contributed by atoms with Crippen molar-refractivity contribution in [2.24, 2.45) is 0 Å². The number of carbonyl (C=O) groups excluding carboxylic acids is 1. The summed E-state index contributed by atoms with van der Waals surface area (Å²) in [6.07, 6.45) is 1.95. The molecule has 1 N–H and O–H groups in total. The highest BCUT2D eigenvalue weighted by Gasteiger charge is 2.20. The molecule has 1 aliphatic heterocycles. The smallest absolute Gasteiger partial charge is 0.273 e. The van der Waals surface area contributed by atoms with Crippen molar-refractivity contribution >= 4 is 11.6 Å². The number of hydrogen-bond donors (Lipinski definition) is 1. The Hall–Kier alpha value is -2.77. The van der Waals surface area contributed by atoms with Gasteiger partial charge in [0.05, 0.1) is 11.5 Å². The number of carbonyl (C=O) groups is 1. The third kappa shape index (κ3) is 2.43. The maximum absolute atomic E-state index is 12.2. The van der Waals surface area contributed by atoms with E-state index < -0.39 is 4.92 Å². The van der Waals surface area contributed by atoms with E-state index in [0.717, 1.165) is 25.2 Å². The first-order valence-corrected chi connectivity index (χ1v) is 7.01. The van der Waals surface area contributed by atoms with Gasteiger partial charge in [0.15, 0.2) is 5.82 Å². The lowest BCUT2D eigenvalue weighted by Gasteiger charge is -2.08. The van der Waals surface area contributed by atoms with Crippen molar-refractivity contribution in [3.8, 4) is 0 Å². The summed E-state index contributed by atoms with van der Waals surface area (Å²) in [4.78, 5) is 22.7. The quantitative estimate of drug-likeness (QED) is 0.678. The highest BCUT2D eigenvalue weighted by Crippen LogP contribution is 2.21. The monoisotopic (exact) mass is 301 g/mol. The fraction of sp³-hybridized carbons (Fsp3) is 0.357. The number of amides is 1. The summed E-state index contributed by atoms with van der Waals surface area (Å²) < 4.78 is 2.00. The summed E-state index contributed by atoms with van der Waals surface area (Å²) in [5.41, 5.74) is 0.600. The Morgan fingerprint density at radius 1 is 1.45 bits per heavy atom. The van der Waals surface area contributed by atoms with Crippen LogP contribution in [0.25, 0.3) is 0 Å². The molecule has 114 valence electrons. The van der Waals surface area contributed by atoms with E-state index in [1.807, 2.05) is 4.57 Å². The number of rotatable bonds is 4. The Bertz CT molecular complexity index is 753. The molecule has 2 heterocycles. The molecule has 1 aromatic heterocycles. The van der Waals surface area contributed by atoms with E-state index in [2.05, 4.69) is 15.5 Å². The molecule has 0 fully saturated rings. The van der Waals surface area contributed by atoms with E-state index in [1.54, 1.807) is 13.0 Å². The molecule has 0 saturated carbocycles. The van der Waals surface area contributed by atoms with Crippen molar-refractivity contribution < 1.29 is 9.72 Å². The largest absolute Gasteiger partial charge is 0.345 e. The molecule has 1 aromatic carbocycles. The highest BCUT2D eigenvalue weighted by molar-refractivity contribution is 5.96. The Morgan fingerprint density at radius 2 is 2.27 bits per heavy atom. The third-order valence-corrected chi connectivity index (χ3v) is 3.84. The number of aromatic nitrogens is 3. The molecule has 0 unspecified atom stereocenters. The van der Waals surface area contributed by atoms with Crippen LogP contribution in [0.4, 0.5) is 5.69 Å². The van der Waals surface area contributed by atoms with E-state index in [-0.39, 0.29) is 18.1 Å². The second kappa shape index (κ2) is 5.55. The van der Waals surface area contributed by atoms with E-state index in [9.17, 15) is 14.9 Å². The Kier molecular flexibility index (Phi) is 3.58. The molecular formula is C14H15N5O3. The van der Waals surface area contributed by atoms with Crippen LogP contribution in [-0.2, 0) is 19.5 Å². The van der Waals surface area contributed by atoms with Crippen LogP contribution in [0.15, 0.2) is 18.2 Å². The number of fused-ring (bicyclic) bond motifs is 1. The lowest BCUT2D eigenvalue weighted by Crippen LogP contribution is -2.25. The molecule has 1 amide bonds. The zero-order valence-corrected chi connectivity index (χ0v) is 12.1. The summed E-state index contributed by atoms with van der Waals surface area (Å²) in [6.45, 7) is 2.69. The first kappa shape index (κ1) is 14.2. The normalized spacial score (nSPS) is 13.0. The molecule has 2 aromatic rings. The maximum atomic E-state index is 12.2. The first-order chi connectivity index (χ1) is 10.6. The molecule has 1 aliphatic rings. The van der Waals surface area contributed by atoms with Crippen LogP contribution < -0.4 is 5.32 Å². The predicted molar refractivity (Wildman–Crippen MR) is 77.3 cm³/mol. The summed E-state index contributed by atoms with van der Waals surface area (Å²) in [7, 11) is 0. The molecule has 0 aliphatic carbocycles. The molecule has 22 heavy (non-hydrogen) atoms. The minimum atomic E-state index is -0.489. The zero-order chi connectivity index (χ0) is 15.7. The van der Waals surface area contributed by atoms with Crippen LogP contribution in [0.1, 0.15) is 34.0 Å². The Morgan fingerprint density at radius 3 is 3.05 bits per heavy atom. The maximum Gasteiger partial charge on any atom is 0.273 e. The van der Waals surface area contributed by atoms with Gasteiger partial charge in [0.1, 0.15) is 5.82 Å². The van der Waals surface area contributed by atoms with Gasteiger partial charge in [0.2, 0.25) is 0 Å². The molecule has 3 rings (SSSR count). The molecule has 8 heteroatoms. The fourth-order valence-corrected chi connectivity index (χ4v) is 2.66. The van der Waals surface area contributed by atoms with Crippen molar-refractivity contribution in [1.82, 2.24) is 20.1 Å². The van der Waals surface area contributed by atoms with E-state index in [4.69, 9.17) is 0 Å². The average Bonchev–Trinajstić information content (AvgIpc) is 3.08. The van der Waals surface area contributed by atoms with Gasteiger partial charge in [0.25, 0.3) is 11.6 Å². The Balaban J connectivity index is 1.75.